The van der Waals surface area contributed by atoms with Gasteiger partial charge in [-0.15, -0.1) is 0 Å². The number of nitrogens with two attached hydrogens (primary N) is 1. The van der Waals surface area contributed by atoms with Crippen molar-refractivity contribution >= 4 is 0 Å². The molecule has 2 atom stereocenters. The molecule has 0 radical (unpaired) electrons. The Hall–Kier alpha value is -1.37. The first-order valence-corrected chi connectivity index (χ1v) is 5.98. The highest BCUT2D eigenvalue weighted by Crippen LogP contribution is 2.20. The molecule has 92 valence electrons. The number of hydrogen-bond donors (Lipinski definition) is 2. The minimum atomic E-state index is -0.550. The van der Waals surface area contributed by atoms with Crippen LogP contribution in [0.4, 0.5) is 0 Å². The van der Waals surface area contributed by atoms with Crippen LogP contribution in [0.3, 0.4) is 0 Å². The molecule has 0 saturated heterocycles. The average Bonchev–Trinajstić information content (AvgIpc) is 2.35. The number of aliphatic hydroxyl groups is 1. The summed E-state index contributed by atoms with van der Waals surface area (Å²) in [6.07, 6.45) is 1.09. The fourth-order valence-corrected chi connectivity index (χ4v) is 1.72. The summed E-state index contributed by atoms with van der Waals surface area (Å²) in [6.45, 7) is 4.24. The minimum Gasteiger partial charge on any atom is -0.391 e. The highest BCUT2D eigenvalue weighted by atomic mass is 16.3. The van der Waals surface area contributed by atoms with Crippen molar-refractivity contribution in [3.05, 3.63) is 35.4 Å². The second kappa shape index (κ2) is 6.39. The Bertz CT molecular complexity index is 395. The zero-order chi connectivity index (χ0) is 12.8. The normalized spacial score (nSPS) is 14.4. The van der Waals surface area contributed by atoms with Crippen LogP contribution in [0.15, 0.2) is 24.3 Å². The molecule has 17 heavy (non-hydrogen) atoms. The van der Waals surface area contributed by atoms with Crippen LogP contribution >= 0.6 is 0 Å². The smallest absolute Gasteiger partial charge is 0.0991 e. The standard InChI is InChI=1S/C14H20N2O/c1-10(2)6-7-13(17)14(16)12-5-3-4-11(8-12)9-15/h3-5,8,10,13-14,17H,6-7,16H2,1-2H3/t13-,14+/m1/s1. The molecule has 0 aliphatic heterocycles. The molecule has 3 heteroatoms. The van der Waals surface area contributed by atoms with E-state index in [1.807, 2.05) is 6.07 Å². The average molecular weight is 232 g/mol. The van der Waals surface area contributed by atoms with Crippen molar-refractivity contribution in [3.8, 4) is 6.07 Å². The molecular weight excluding hydrogens is 212 g/mol. The monoisotopic (exact) mass is 232 g/mol. The van der Waals surface area contributed by atoms with Crippen molar-refractivity contribution in [3.63, 3.8) is 0 Å². The van der Waals surface area contributed by atoms with Crippen LogP contribution in [0.1, 0.15) is 43.9 Å². The van der Waals surface area contributed by atoms with Crippen LogP contribution in [-0.2, 0) is 0 Å². The SMILES string of the molecule is CC(C)CC[C@@H](O)[C@@H](N)c1cccc(C#N)c1. The van der Waals surface area contributed by atoms with Crippen LogP contribution in [-0.4, -0.2) is 11.2 Å². The van der Waals surface area contributed by atoms with E-state index in [0.717, 1.165) is 12.0 Å². The Balaban J connectivity index is 2.68. The number of nitrogens with zero attached hydrogens (tertiary/aromatic N) is 1. The van der Waals surface area contributed by atoms with Crippen molar-refractivity contribution in [1.29, 1.82) is 5.26 Å². The first-order valence-electron chi connectivity index (χ1n) is 5.98. The molecule has 0 fully saturated rings. The van der Waals surface area contributed by atoms with E-state index in [0.29, 0.717) is 17.9 Å². The van der Waals surface area contributed by atoms with Gasteiger partial charge in [-0.3, -0.25) is 0 Å². The number of rotatable bonds is 5. The predicted molar refractivity (Wildman–Crippen MR) is 68.2 cm³/mol. The minimum absolute atomic E-state index is 0.415. The lowest BCUT2D eigenvalue weighted by atomic mass is 9.95. The van der Waals surface area contributed by atoms with Gasteiger partial charge in [0.25, 0.3) is 0 Å². The first-order chi connectivity index (χ1) is 8.04. The van der Waals surface area contributed by atoms with Crippen LogP contribution in [0.2, 0.25) is 0 Å². The summed E-state index contributed by atoms with van der Waals surface area (Å²) < 4.78 is 0. The van der Waals surface area contributed by atoms with Gasteiger partial charge in [0.05, 0.1) is 23.8 Å². The molecule has 0 bridgehead atoms. The van der Waals surface area contributed by atoms with E-state index >= 15 is 0 Å². The van der Waals surface area contributed by atoms with Gasteiger partial charge >= 0.3 is 0 Å². The number of hydrogen-bond acceptors (Lipinski definition) is 3. The first kappa shape index (κ1) is 13.7. The maximum atomic E-state index is 9.98. The summed E-state index contributed by atoms with van der Waals surface area (Å²) in [5.41, 5.74) is 7.39. The van der Waals surface area contributed by atoms with Crippen LogP contribution in [0.5, 0.6) is 0 Å². The van der Waals surface area contributed by atoms with Crippen molar-refractivity contribution < 1.29 is 5.11 Å². The summed E-state index contributed by atoms with van der Waals surface area (Å²) in [5, 5.41) is 18.8. The third-order valence-corrected chi connectivity index (χ3v) is 2.85. The molecule has 0 amide bonds. The Labute approximate surface area is 103 Å². The molecule has 0 aliphatic rings. The summed E-state index contributed by atoms with van der Waals surface area (Å²) in [7, 11) is 0. The fraction of sp³-hybridized carbons (Fsp3) is 0.500. The Kier molecular flexibility index (Phi) is 5.14. The van der Waals surface area contributed by atoms with E-state index in [-0.39, 0.29) is 0 Å². The largest absolute Gasteiger partial charge is 0.391 e. The fourth-order valence-electron chi connectivity index (χ4n) is 1.72. The van der Waals surface area contributed by atoms with Crippen LogP contribution < -0.4 is 5.73 Å². The zero-order valence-corrected chi connectivity index (χ0v) is 10.4. The van der Waals surface area contributed by atoms with Gasteiger partial charge in [-0.2, -0.15) is 5.26 Å². The molecule has 0 aliphatic carbocycles. The number of aliphatic hydroxyl groups excluding tert-OH is 1. The summed E-state index contributed by atoms with van der Waals surface area (Å²) in [5.74, 6) is 0.558. The molecule has 0 aromatic heterocycles. The third-order valence-electron chi connectivity index (χ3n) is 2.85. The van der Waals surface area contributed by atoms with E-state index in [1.54, 1.807) is 18.2 Å². The second-order valence-electron chi connectivity index (χ2n) is 4.80. The summed E-state index contributed by atoms with van der Waals surface area (Å²) >= 11 is 0. The predicted octanol–water partition coefficient (Wildman–Crippen LogP) is 2.36. The van der Waals surface area contributed by atoms with Crippen molar-refractivity contribution in [1.82, 2.24) is 0 Å². The van der Waals surface area contributed by atoms with Crippen molar-refractivity contribution in [2.24, 2.45) is 11.7 Å². The van der Waals surface area contributed by atoms with Gasteiger partial charge in [0.2, 0.25) is 0 Å². The Morgan fingerprint density at radius 2 is 2.06 bits per heavy atom. The molecule has 1 aromatic rings. The van der Waals surface area contributed by atoms with Gasteiger partial charge < -0.3 is 10.8 Å². The summed E-state index contributed by atoms with van der Waals surface area (Å²) in [6, 6.07) is 8.78. The van der Waals surface area contributed by atoms with Crippen LogP contribution in [0, 0.1) is 17.2 Å². The van der Waals surface area contributed by atoms with E-state index in [9.17, 15) is 5.11 Å². The topological polar surface area (TPSA) is 70.0 Å². The number of benzene rings is 1. The molecule has 1 aromatic carbocycles. The Morgan fingerprint density at radius 1 is 1.35 bits per heavy atom. The van der Waals surface area contributed by atoms with Crippen molar-refractivity contribution in [2.45, 2.75) is 38.8 Å². The maximum Gasteiger partial charge on any atom is 0.0991 e. The maximum absolute atomic E-state index is 9.98. The Morgan fingerprint density at radius 3 is 2.65 bits per heavy atom. The lowest BCUT2D eigenvalue weighted by molar-refractivity contribution is 0.128. The van der Waals surface area contributed by atoms with E-state index < -0.39 is 12.1 Å². The highest BCUT2D eigenvalue weighted by molar-refractivity contribution is 5.34. The molecule has 0 spiro atoms. The van der Waals surface area contributed by atoms with Gasteiger partial charge in [-0.25, -0.2) is 0 Å². The summed E-state index contributed by atoms with van der Waals surface area (Å²) in [4.78, 5) is 0. The molecule has 3 N–H and O–H groups in total. The van der Waals surface area contributed by atoms with E-state index in [2.05, 4.69) is 19.9 Å². The van der Waals surface area contributed by atoms with E-state index in [4.69, 9.17) is 11.0 Å². The molecule has 0 heterocycles. The van der Waals surface area contributed by atoms with Gasteiger partial charge in [0.1, 0.15) is 0 Å². The van der Waals surface area contributed by atoms with Crippen molar-refractivity contribution in [2.75, 3.05) is 0 Å². The zero-order valence-electron chi connectivity index (χ0n) is 10.4. The van der Waals surface area contributed by atoms with E-state index in [1.165, 1.54) is 0 Å². The van der Waals surface area contributed by atoms with Gasteiger partial charge in [-0.1, -0.05) is 26.0 Å². The molecule has 0 saturated carbocycles. The third kappa shape index (κ3) is 4.18. The molecular formula is C14H20N2O. The van der Waals surface area contributed by atoms with Crippen LogP contribution in [0.25, 0.3) is 0 Å². The lowest BCUT2D eigenvalue weighted by Gasteiger charge is -2.20. The second-order valence-corrected chi connectivity index (χ2v) is 4.80. The highest BCUT2D eigenvalue weighted by Gasteiger charge is 2.17. The molecule has 1 rings (SSSR count). The molecule has 3 nitrogen and oxygen atoms in total. The van der Waals surface area contributed by atoms with Gasteiger partial charge in [0, 0.05) is 0 Å². The molecule has 0 unspecified atom stereocenters. The van der Waals surface area contributed by atoms with Gasteiger partial charge in [-0.05, 0) is 36.5 Å². The lowest BCUT2D eigenvalue weighted by Crippen LogP contribution is -2.26. The quantitative estimate of drug-likeness (QED) is 0.818. The number of nitriles is 1. The van der Waals surface area contributed by atoms with Gasteiger partial charge in [0.15, 0.2) is 0 Å².